The Labute approximate surface area is 239 Å². The first-order valence-corrected chi connectivity index (χ1v) is 16.4. The lowest BCUT2D eigenvalue weighted by Gasteiger charge is -2.45. The second-order valence-electron chi connectivity index (χ2n) is 11.6. The van der Waals surface area contributed by atoms with Crippen molar-refractivity contribution in [2.24, 2.45) is 5.73 Å². The molecule has 39 heavy (non-hydrogen) atoms. The maximum atomic E-state index is 13.2. The van der Waals surface area contributed by atoms with Gasteiger partial charge in [-0.3, -0.25) is 4.90 Å². The molecule has 2 amide bonds. The minimum atomic E-state index is -1.28. The van der Waals surface area contributed by atoms with Crippen LogP contribution in [0.25, 0.3) is 0 Å². The highest BCUT2D eigenvalue weighted by Gasteiger charge is 2.45. The summed E-state index contributed by atoms with van der Waals surface area (Å²) in [4.78, 5) is 14.8. The number of nitrogens with one attached hydrogen (secondary N) is 1. The molecule has 6 N–H and O–H groups in total. The highest BCUT2D eigenvalue weighted by atomic mass is 16.5. The van der Waals surface area contributed by atoms with Crippen LogP contribution in [0.15, 0.2) is 0 Å². The molecular weight excluding hydrogens is 494 g/mol. The molecular formula is C31H63N3O5. The van der Waals surface area contributed by atoms with Crippen molar-refractivity contribution < 1.29 is 24.9 Å². The Bertz CT molecular complexity index is 580. The van der Waals surface area contributed by atoms with E-state index in [1.807, 2.05) is 0 Å². The molecule has 0 spiro atoms. The zero-order valence-electron chi connectivity index (χ0n) is 25.3. The summed E-state index contributed by atoms with van der Waals surface area (Å²) in [7, 11) is 0. The van der Waals surface area contributed by atoms with E-state index in [0.717, 1.165) is 32.1 Å². The van der Waals surface area contributed by atoms with Crippen molar-refractivity contribution in [3.63, 3.8) is 0 Å². The molecule has 1 rings (SSSR count). The monoisotopic (exact) mass is 557 g/mol. The van der Waals surface area contributed by atoms with E-state index < -0.39 is 37.2 Å². The largest absolute Gasteiger partial charge is 0.394 e. The van der Waals surface area contributed by atoms with Crippen molar-refractivity contribution in [3.05, 3.63) is 0 Å². The number of unbranched alkanes of at least 4 members (excludes halogenated alkanes) is 18. The maximum absolute atomic E-state index is 13.2. The van der Waals surface area contributed by atoms with Gasteiger partial charge in [-0.25, -0.2) is 4.79 Å². The van der Waals surface area contributed by atoms with E-state index in [-0.39, 0.29) is 6.03 Å². The number of ether oxygens (including phenoxy) is 1. The summed E-state index contributed by atoms with van der Waals surface area (Å²) in [6, 6.07) is -1.21. The Balaban J connectivity index is 2.44. The molecule has 0 aromatic rings. The van der Waals surface area contributed by atoms with Crippen LogP contribution >= 0.6 is 0 Å². The lowest BCUT2D eigenvalue weighted by atomic mass is 9.96. The smallest absolute Gasteiger partial charge is 0.319 e. The standard InChI is InChI=1S/C31H63N3O5/c1-3-5-7-9-11-13-15-17-19-21-23-33-31(38)34(24-22-20-18-16-14-12-10-8-6-4-2)30-27(32)29(37)28(36)26(25-35)39-30/h26-30,35-37H,3-25,32H2,1-2H3,(H,33,38)/t26-,27-,28-,29-,30-/m1/s1. The Morgan fingerprint density at radius 2 is 1.15 bits per heavy atom. The average molecular weight is 558 g/mol. The Hall–Kier alpha value is -0.930. The van der Waals surface area contributed by atoms with E-state index in [4.69, 9.17) is 10.5 Å². The van der Waals surface area contributed by atoms with Gasteiger partial charge in [0, 0.05) is 13.1 Å². The normalized spacial score (nSPS) is 23.2. The Kier molecular flexibility index (Phi) is 22.0. The minimum absolute atomic E-state index is 0.262. The van der Waals surface area contributed by atoms with Crippen LogP contribution in [-0.4, -0.2) is 76.5 Å². The zero-order chi connectivity index (χ0) is 28.7. The fourth-order valence-electron chi connectivity index (χ4n) is 5.42. The number of hydrogen-bond donors (Lipinski definition) is 5. The van der Waals surface area contributed by atoms with E-state index in [9.17, 15) is 20.1 Å². The molecule has 1 saturated heterocycles. The molecule has 0 saturated carbocycles. The summed E-state index contributed by atoms with van der Waals surface area (Å²) >= 11 is 0. The fraction of sp³-hybridized carbons (Fsp3) is 0.968. The van der Waals surface area contributed by atoms with E-state index in [1.165, 1.54) is 96.3 Å². The molecule has 1 heterocycles. The summed E-state index contributed by atoms with van der Waals surface area (Å²) in [6.07, 6.45) is 19.9. The third kappa shape index (κ3) is 15.6. The molecule has 0 aromatic heterocycles. The van der Waals surface area contributed by atoms with Gasteiger partial charge in [-0.15, -0.1) is 0 Å². The number of aliphatic hydroxyl groups is 3. The van der Waals surface area contributed by atoms with Crippen molar-refractivity contribution in [1.82, 2.24) is 10.2 Å². The predicted molar refractivity (Wildman–Crippen MR) is 160 cm³/mol. The van der Waals surface area contributed by atoms with Crippen molar-refractivity contribution in [2.75, 3.05) is 19.7 Å². The SMILES string of the molecule is CCCCCCCCCCCCNC(=O)N(CCCCCCCCCCCC)[C@@H]1O[C@H](CO)[C@@H](O)[C@H](O)[C@H]1N. The van der Waals surface area contributed by atoms with Crippen molar-refractivity contribution >= 4 is 6.03 Å². The summed E-state index contributed by atoms with van der Waals surface area (Å²) < 4.78 is 5.84. The molecule has 8 heteroatoms. The van der Waals surface area contributed by atoms with Crippen LogP contribution in [0, 0.1) is 0 Å². The average Bonchev–Trinajstić information content (AvgIpc) is 2.94. The molecule has 5 atom stereocenters. The molecule has 1 aliphatic heterocycles. The zero-order valence-corrected chi connectivity index (χ0v) is 25.3. The molecule has 0 aromatic carbocycles. The van der Waals surface area contributed by atoms with Crippen molar-refractivity contribution in [2.45, 2.75) is 173 Å². The fourth-order valence-corrected chi connectivity index (χ4v) is 5.42. The summed E-state index contributed by atoms with van der Waals surface area (Å²) in [5.41, 5.74) is 6.21. The third-order valence-corrected chi connectivity index (χ3v) is 8.08. The molecule has 0 radical (unpaired) electrons. The van der Waals surface area contributed by atoms with Crippen LogP contribution in [0.4, 0.5) is 4.79 Å². The molecule has 0 bridgehead atoms. The number of aliphatic hydroxyl groups excluding tert-OH is 3. The quantitative estimate of drug-likeness (QED) is 0.0982. The molecule has 0 aliphatic carbocycles. The summed E-state index contributed by atoms with van der Waals surface area (Å²) in [6.45, 7) is 5.07. The molecule has 0 unspecified atom stereocenters. The minimum Gasteiger partial charge on any atom is -0.394 e. The lowest BCUT2D eigenvalue weighted by molar-refractivity contribution is -0.218. The first-order valence-electron chi connectivity index (χ1n) is 16.4. The number of carbonyl (C=O) groups excluding carboxylic acids is 1. The van der Waals surface area contributed by atoms with E-state index in [1.54, 1.807) is 4.90 Å². The lowest BCUT2D eigenvalue weighted by Crippen LogP contribution is -2.67. The number of carbonyl (C=O) groups is 1. The Morgan fingerprint density at radius 3 is 1.62 bits per heavy atom. The van der Waals surface area contributed by atoms with Gasteiger partial charge in [0.15, 0.2) is 6.23 Å². The van der Waals surface area contributed by atoms with Gasteiger partial charge in [0.25, 0.3) is 0 Å². The highest BCUT2D eigenvalue weighted by Crippen LogP contribution is 2.23. The van der Waals surface area contributed by atoms with Gasteiger partial charge >= 0.3 is 6.03 Å². The van der Waals surface area contributed by atoms with E-state index >= 15 is 0 Å². The molecule has 1 aliphatic rings. The second kappa shape index (κ2) is 23.7. The van der Waals surface area contributed by atoms with Crippen LogP contribution in [0.5, 0.6) is 0 Å². The topological polar surface area (TPSA) is 128 Å². The molecule has 232 valence electrons. The van der Waals surface area contributed by atoms with Crippen LogP contribution in [0.3, 0.4) is 0 Å². The predicted octanol–water partition coefficient (Wildman–Crippen LogP) is 5.61. The van der Waals surface area contributed by atoms with Gasteiger partial charge < -0.3 is 31.1 Å². The van der Waals surface area contributed by atoms with Gasteiger partial charge in [-0.2, -0.15) is 0 Å². The van der Waals surface area contributed by atoms with Gasteiger partial charge in [-0.1, -0.05) is 129 Å². The van der Waals surface area contributed by atoms with Crippen molar-refractivity contribution in [3.8, 4) is 0 Å². The first-order chi connectivity index (χ1) is 19.0. The maximum Gasteiger partial charge on any atom is 0.319 e. The van der Waals surface area contributed by atoms with Crippen LogP contribution < -0.4 is 11.1 Å². The van der Waals surface area contributed by atoms with Crippen LogP contribution in [0.1, 0.15) is 142 Å². The highest BCUT2D eigenvalue weighted by molar-refractivity contribution is 5.74. The number of amides is 2. The van der Waals surface area contributed by atoms with Crippen LogP contribution in [-0.2, 0) is 4.74 Å². The number of nitrogens with zero attached hydrogens (tertiary/aromatic N) is 1. The van der Waals surface area contributed by atoms with Gasteiger partial charge in [0.2, 0.25) is 0 Å². The van der Waals surface area contributed by atoms with Gasteiger partial charge in [0.05, 0.1) is 12.6 Å². The number of rotatable bonds is 24. The summed E-state index contributed by atoms with van der Waals surface area (Å²) in [5.74, 6) is 0. The first kappa shape index (κ1) is 36.1. The summed E-state index contributed by atoms with van der Waals surface area (Å²) in [5, 5.41) is 33.3. The van der Waals surface area contributed by atoms with Gasteiger partial charge in [0.1, 0.15) is 18.3 Å². The molecule has 1 fully saturated rings. The van der Waals surface area contributed by atoms with E-state index in [0.29, 0.717) is 13.1 Å². The third-order valence-electron chi connectivity index (χ3n) is 8.08. The second-order valence-corrected chi connectivity index (χ2v) is 11.6. The number of urea groups is 1. The Morgan fingerprint density at radius 1 is 0.718 bits per heavy atom. The van der Waals surface area contributed by atoms with Crippen molar-refractivity contribution in [1.29, 1.82) is 0 Å². The van der Waals surface area contributed by atoms with Gasteiger partial charge in [-0.05, 0) is 12.8 Å². The number of nitrogens with two attached hydrogens (primary N) is 1. The van der Waals surface area contributed by atoms with Crippen LogP contribution in [0.2, 0.25) is 0 Å². The number of hydrogen-bond acceptors (Lipinski definition) is 6. The van der Waals surface area contributed by atoms with E-state index in [2.05, 4.69) is 19.2 Å². The molecule has 8 nitrogen and oxygen atoms in total.